The van der Waals surface area contributed by atoms with Gasteiger partial charge in [-0.2, -0.15) is 0 Å². The molecule has 4 nitrogen and oxygen atoms in total. The first-order valence-electron chi connectivity index (χ1n) is 9.08. The Kier molecular flexibility index (Phi) is 5.89. The summed E-state index contributed by atoms with van der Waals surface area (Å²) >= 11 is 0. The summed E-state index contributed by atoms with van der Waals surface area (Å²) in [6, 6.07) is 12.4. The highest BCUT2D eigenvalue weighted by Gasteiger charge is 2.25. The number of fused-ring (bicyclic) bond motifs is 1. The summed E-state index contributed by atoms with van der Waals surface area (Å²) in [6.07, 6.45) is 0.909. The maximum atomic E-state index is 13.7. The van der Waals surface area contributed by atoms with E-state index in [0.717, 1.165) is 18.7 Å². The van der Waals surface area contributed by atoms with Gasteiger partial charge in [0.1, 0.15) is 11.6 Å². The molecule has 0 radical (unpaired) electrons. The number of ether oxygens (including phenoxy) is 1. The summed E-state index contributed by atoms with van der Waals surface area (Å²) in [4.78, 5) is 14.7. The van der Waals surface area contributed by atoms with Crippen LogP contribution in [0, 0.1) is 5.82 Å². The third-order valence-corrected chi connectivity index (χ3v) is 4.87. The van der Waals surface area contributed by atoms with Crippen molar-refractivity contribution in [3.63, 3.8) is 0 Å². The minimum Gasteiger partial charge on any atom is -0.494 e. The number of amides is 1. The Hall–Kier alpha value is -2.40. The molecule has 1 N–H and O–H groups in total. The minimum atomic E-state index is -0.296. The Morgan fingerprint density at radius 3 is 2.85 bits per heavy atom. The second kappa shape index (κ2) is 8.32. The Labute approximate surface area is 154 Å². The van der Waals surface area contributed by atoms with Crippen molar-refractivity contribution in [2.24, 2.45) is 0 Å². The van der Waals surface area contributed by atoms with E-state index in [-0.39, 0.29) is 24.3 Å². The van der Waals surface area contributed by atoms with Crippen LogP contribution >= 0.6 is 0 Å². The summed E-state index contributed by atoms with van der Waals surface area (Å²) in [5, 5.41) is 2.85. The van der Waals surface area contributed by atoms with Gasteiger partial charge in [-0.15, -0.1) is 0 Å². The van der Waals surface area contributed by atoms with Gasteiger partial charge < -0.3 is 10.1 Å². The molecular formula is C21H25FN2O2. The zero-order chi connectivity index (χ0) is 18.5. The predicted octanol–water partition coefficient (Wildman–Crippen LogP) is 3.29. The third kappa shape index (κ3) is 4.22. The lowest BCUT2D eigenvalue weighted by molar-refractivity contribution is -0.126. The molecule has 1 heterocycles. The molecule has 26 heavy (non-hydrogen) atoms. The summed E-state index contributed by atoms with van der Waals surface area (Å²) in [6.45, 7) is 6.24. The van der Waals surface area contributed by atoms with Crippen molar-refractivity contribution < 1.29 is 13.9 Å². The van der Waals surface area contributed by atoms with Gasteiger partial charge in [-0.25, -0.2) is 4.39 Å². The molecule has 1 unspecified atom stereocenters. The number of hydrogen-bond donors (Lipinski definition) is 1. The minimum absolute atomic E-state index is 0.0855. The van der Waals surface area contributed by atoms with Crippen molar-refractivity contribution >= 4 is 5.91 Å². The lowest BCUT2D eigenvalue weighted by atomic mass is 9.98. The quantitative estimate of drug-likeness (QED) is 0.864. The van der Waals surface area contributed by atoms with E-state index in [9.17, 15) is 9.18 Å². The van der Waals surface area contributed by atoms with Gasteiger partial charge in [0.05, 0.1) is 12.6 Å². The van der Waals surface area contributed by atoms with E-state index < -0.39 is 0 Å². The van der Waals surface area contributed by atoms with Crippen molar-refractivity contribution in [1.29, 1.82) is 0 Å². The van der Waals surface area contributed by atoms with Gasteiger partial charge in [-0.3, -0.25) is 9.69 Å². The van der Waals surface area contributed by atoms with Gasteiger partial charge in [-0.1, -0.05) is 24.3 Å². The normalized spacial score (nSPS) is 15.2. The van der Waals surface area contributed by atoms with Crippen molar-refractivity contribution in [1.82, 2.24) is 10.2 Å². The summed E-state index contributed by atoms with van der Waals surface area (Å²) in [5.74, 6) is 0.484. The maximum absolute atomic E-state index is 13.7. The number of nitrogens with one attached hydrogen (secondary N) is 1. The van der Waals surface area contributed by atoms with Gasteiger partial charge in [0.2, 0.25) is 5.91 Å². The fourth-order valence-corrected chi connectivity index (χ4v) is 3.28. The van der Waals surface area contributed by atoms with Crippen molar-refractivity contribution in [3.05, 3.63) is 65.0 Å². The van der Waals surface area contributed by atoms with Crippen molar-refractivity contribution in [2.75, 3.05) is 13.2 Å². The van der Waals surface area contributed by atoms with Gasteiger partial charge in [-0.05, 0) is 49.6 Å². The van der Waals surface area contributed by atoms with E-state index in [1.807, 2.05) is 19.9 Å². The standard InChI is InChI=1S/C21H25FN2O2/c1-3-26-19-9-8-16-10-11-24(14-18(16)12-19)15(2)21(25)23-13-17-6-4-5-7-20(17)22/h4-9,12,15H,3,10-11,13-14H2,1-2H3,(H,23,25). The Bertz CT molecular complexity index is 778. The van der Waals surface area contributed by atoms with Crippen LogP contribution in [0.15, 0.2) is 42.5 Å². The monoisotopic (exact) mass is 356 g/mol. The molecule has 1 aliphatic heterocycles. The van der Waals surface area contributed by atoms with Gasteiger partial charge >= 0.3 is 0 Å². The molecule has 5 heteroatoms. The van der Waals surface area contributed by atoms with E-state index in [1.54, 1.807) is 18.2 Å². The lowest BCUT2D eigenvalue weighted by Gasteiger charge is -2.33. The van der Waals surface area contributed by atoms with Gasteiger partial charge in [0.25, 0.3) is 0 Å². The molecule has 0 fully saturated rings. The fraction of sp³-hybridized carbons (Fsp3) is 0.381. The largest absolute Gasteiger partial charge is 0.494 e. The molecule has 3 rings (SSSR count). The van der Waals surface area contributed by atoms with Crippen LogP contribution in [0.25, 0.3) is 0 Å². The molecule has 0 bridgehead atoms. The van der Waals surface area contributed by atoms with Crippen molar-refractivity contribution in [3.8, 4) is 5.75 Å². The molecule has 1 aliphatic rings. The molecule has 0 aromatic heterocycles. The average molecular weight is 356 g/mol. The molecule has 0 saturated heterocycles. The van der Waals surface area contributed by atoms with Gasteiger partial charge in [0, 0.05) is 25.2 Å². The Morgan fingerprint density at radius 2 is 2.08 bits per heavy atom. The number of carbonyl (C=O) groups is 1. The van der Waals surface area contributed by atoms with E-state index in [0.29, 0.717) is 18.7 Å². The first-order chi connectivity index (χ1) is 12.6. The topological polar surface area (TPSA) is 41.6 Å². The third-order valence-electron chi connectivity index (χ3n) is 4.87. The molecular weight excluding hydrogens is 331 g/mol. The summed E-state index contributed by atoms with van der Waals surface area (Å²) in [7, 11) is 0. The second-order valence-electron chi connectivity index (χ2n) is 6.57. The van der Waals surface area contributed by atoms with E-state index in [2.05, 4.69) is 22.3 Å². The highest BCUT2D eigenvalue weighted by atomic mass is 19.1. The second-order valence-corrected chi connectivity index (χ2v) is 6.57. The average Bonchev–Trinajstić information content (AvgIpc) is 2.66. The van der Waals surface area contributed by atoms with E-state index in [4.69, 9.17) is 4.74 Å². The SMILES string of the molecule is CCOc1ccc2c(c1)CN(C(C)C(=O)NCc1ccccc1F)CC2. The molecule has 0 spiro atoms. The smallest absolute Gasteiger partial charge is 0.237 e. The Balaban J connectivity index is 1.61. The zero-order valence-electron chi connectivity index (χ0n) is 15.3. The van der Waals surface area contributed by atoms with Crippen LogP contribution in [0.3, 0.4) is 0 Å². The first-order valence-corrected chi connectivity index (χ1v) is 9.08. The number of benzene rings is 2. The van der Waals surface area contributed by atoms with Crippen LogP contribution in [-0.4, -0.2) is 30.0 Å². The summed E-state index contributed by atoms with van der Waals surface area (Å²) in [5.41, 5.74) is 3.01. The van der Waals surface area contributed by atoms with E-state index >= 15 is 0 Å². The van der Waals surface area contributed by atoms with Crippen molar-refractivity contribution in [2.45, 2.75) is 39.4 Å². The highest BCUT2D eigenvalue weighted by molar-refractivity contribution is 5.81. The molecule has 0 aliphatic carbocycles. The summed E-state index contributed by atoms with van der Waals surface area (Å²) < 4.78 is 19.3. The number of carbonyl (C=O) groups excluding carboxylic acids is 1. The number of rotatable bonds is 6. The molecule has 0 saturated carbocycles. The van der Waals surface area contributed by atoms with Crippen LogP contribution in [0.4, 0.5) is 4.39 Å². The molecule has 2 aromatic carbocycles. The highest BCUT2D eigenvalue weighted by Crippen LogP contribution is 2.25. The van der Waals surface area contributed by atoms with Crippen LogP contribution in [0.5, 0.6) is 5.75 Å². The van der Waals surface area contributed by atoms with Crippen LogP contribution < -0.4 is 10.1 Å². The zero-order valence-corrected chi connectivity index (χ0v) is 15.3. The fourth-order valence-electron chi connectivity index (χ4n) is 3.28. The maximum Gasteiger partial charge on any atom is 0.237 e. The Morgan fingerprint density at radius 1 is 1.27 bits per heavy atom. The van der Waals surface area contributed by atoms with E-state index in [1.165, 1.54) is 17.2 Å². The molecule has 138 valence electrons. The molecule has 1 atom stereocenters. The van der Waals surface area contributed by atoms with Crippen LogP contribution in [-0.2, 0) is 24.3 Å². The number of nitrogens with zero attached hydrogens (tertiary/aromatic N) is 1. The number of halogens is 1. The number of hydrogen-bond acceptors (Lipinski definition) is 3. The molecule has 1 amide bonds. The first kappa shape index (κ1) is 18.4. The van der Waals surface area contributed by atoms with Gasteiger partial charge in [0.15, 0.2) is 0 Å². The van der Waals surface area contributed by atoms with Crippen LogP contribution in [0.1, 0.15) is 30.5 Å². The lowest BCUT2D eigenvalue weighted by Crippen LogP contribution is -2.46. The van der Waals surface area contributed by atoms with Crippen LogP contribution in [0.2, 0.25) is 0 Å². The predicted molar refractivity (Wildman–Crippen MR) is 99.4 cm³/mol. The molecule has 2 aromatic rings.